The monoisotopic (exact) mass is 338 g/mol. The molecule has 0 radical (unpaired) electrons. The molecule has 2 atom stereocenters. The molecule has 132 valence electrons. The lowest BCUT2D eigenvalue weighted by atomic mass is 10.0. The van der Waals surface area contributed by atoms with Gasteiger partial charge in [-0.15, -0.1) is 0 Å². The molecule has 2 aliphatic carbocycles. The van der Waals surface area contributed by atoms with Crippen LogP contribution in [-0.2, 0) is 0 Å². The second-order valence-corrected chi connectivity index (χ2v) is 8.45. The van der Waals surface area contributed by atoms with Gasteiger partial charge in [0.2, 0.25) is 0 Å². The van der Waals surface area contributed by atoms with Gasteiger partial charge in [-0.2, -0.15) is 5.10 Å². The Morgan fingerprint density at radius 2 is 1.88 bits per heavy atom. The standard InChI is InChI=1S/C20H26N4O/c1-12(2)24-19-17(9-21-24)16(8-18(22-19)13-6-7-13)20(25)23-10-14-4-3-5-15(14)11-23/h8-9,12-15H,3-7,10-11H2,1-2H3. The van der Waals surface area contributed by atoms with Gasteiger partial charge in [0, 0.05) is 30.7 Å². The number of nitrogens with zero attached hydrogens (tertiary/aromatic N) is 4. The molecule has 0 bridgehead atoms. The average molecular weight is 338 g/mol. The molecule has 0 aromatic carbocycles. The molecule has 5 nitrogen and oxygen atoms in total. The summed E-state index contributed by atoms with van der Waals surface area (Å²) in [7, 11) is 0. The van der Waals surface area contributed by atoms with Crippen LogP contribution in [0.5, 0.6) is 0 Å². The Morgan fingerprint density at radius 1 is 1.16 bits per heavy atom. The molecular weight excluding hydrogens is 312 g/mol. The predicted octanol–water partition coefficient (Wildman–Crippen LogP) is 3.76. The van der Waals surface area contributed by atoms with Gasteiger partial charge in [-0.1, -0.05) is 6.42 Å². The zero-order valence-electron chi connectivity index (χ0n) is 15.1. The first kappa shape index (κ1) is 15.4. The molecule has 2 aromatic rings. The third-order valence-electron chi connectivity index (χ3n) is 6.32. The van der Waals surface area contributed by atoms with Crippen molar-refractivity contribution in [2.75, 3.05) is 13.1 Å². The highest BCUT2D eigenvalue weighted by Crippen LogP contribution is 2.41. The largest absolute Gasteiger partial charge is 0.338 e. The van der Waals surface area contributed by atoms with Crippen molar-refractivity contribution in [1.29, 1.82) is 0 Å². The Hall–Kier alpha value is -1.91. The number of carbonyl (C=O) groups excluding carboxylic acids is 1. The molecular formula is C20H26N4O. The number of rotatable bonds is 3. The molecule has 2 unspecified atom stereocenters. The molecule has 2 aromatic heterocycles. The SMILES string of the molecule is CC(C)n1ncc2c(C(=O)N3CC4CCCC4C3)cc(C3CC3)nc21. The van der Waals surface area contributed by atoms with Crippen molar-refractivity contribution in [3.63, 3.8) is 0 Å². The smallest absolute Gasteiger partial charge is 0.254 e. The zero-order chi connectivity index (χ0) is 17.1. The van der Waals surface area contributed by atoms with Crippen molar-refractivity contribution in [3.05, 3.63) is 23.5 Å². The summed E-state index contributed by atoms with van der Waals surface area (Å²) in [6, 6.07) is 2.30. The molecule has 5 heteroatoms. The van der Waals surface area contributed by atoms with Gasteiger partial charge in [0.15, 0.2) is 5.65 Å². The summed E-state index contributed by atoms with van der Waals surface area (Å²) in [5, 5.41) is 5.44. The maximum absolute atomic E-state index is 13.3. The van der Waals surface area contributed by atoms with Gasteiger partial charge in [0.05, 0.1) is 17.1 Å². The summed E-state index contributed by atoms with van der Waals surface area (Å²) in [5.41, 5.74) is 2.78. The van der Waals surface area contributed by atoms with E-state index in [9.17, 15) is 4.79 Å². The summed E-state index contributed by atoms with van der Waals surface area (Å²) < 4.78 is 1.96. The van der Waals surface area contributed by atoms with E-state index in [4.69, 9.17) is 4.98 Å². The Labute approximate surface area is 148 Å². The van der Waals surface area contributed by atoms with E-state index in [0.29, 0.717) is 5.92 Å². The minimum absolute atomic E-state index is 0.187. The van der Waals surface area contributed by atoms with Gasteiger partial charge >= 0.3 is 0 Å². The van der Waals surface area contributed by atoms with Crippen molar-refractivity contribution in [2.24, 2.45) is 11.8 Å². The molecule has 2 saturated carbocycles. The van der Waals surface area contributed by atoms with Crippen molar-refractivity contribution >= 4 is 16.9 Å². The zero-order valence-corrected chi connectivity index (χ0v) is 15.1. The highest BCUT2D eigenvalue weighted by atomic mass is 16.2. The lowest BCUT2D eigenvalue weighted by molar-refractivity contribution is 0.0782. The number of carbonyl (C=O) groups is 1. The molecule has 25 heavy (non-hydrogen) atoms. The normalized spacial score (nSPS) is 26.0. The molecule has 1 amide bonds. The number of likely N-dealkylation sites (tertiary alicyclic amines) is 1. The van der Waals surface area contributed by atoms with Crippen LogP contribution in [0.4, 0.5) is 0 Å². The van der Waals surface area contributed by atoms with Crippen LogP contribution in [0.2, 0.25) is 0 Å². The van der Waals surface area contributed by atoms with E-state index in [0.717, 1.165) is 47.2 Å². The van der Waals surface area contributed by atoms with E-state index < -0.39 is 0 Å². The fraction of sp³-hybridized carbons (Fsp3) is 0.650. The number of fused-ring (bicyclic) bond motifs is 2. The number of hydrogen-bond donors (Lipinski definition) is 0. The number of aromatic nitrogens is 3. The molecule has 0 spiro atoms. The first-order valence-electron chi connectivity index (χ1n) is 9.79. The molecule has 1 aliphatic heterocycles. The van der Waals surface area contributed by atoms with Crippen LogP contribution in [0.3, 0.4) is 0 Å². The topological polar surface area (TPSA) is 51.0 Å². The number of amides is 1. The van der Waals surface area contributed by atoms with E-state index in [-0.39, 0.29) is 11.9 Å². The second-order valence-electron chi connectivity index (χ2n) is 8.45. The molecule has 0 N–H and O–H groups in total. The third kappa shape index (κ3) is 2.47. The Balaban J connectivity index is 1.56. The summed E-state index contributed by atoms with van der Waals surface area (Å²) in [6.45, 7) is 6.09. The number of hydrogen-bond acceptors (Lipinski definition) is 3. The fourth-order valence-corrected chi connectivity index (χ4v) is 4.75. The Kier molecular flexibility index (Phi) is 3.41. The van der Waals surface area contributed by atoms with Crippen LogP contribution >= 0.6 is 0 Å². The van der Waals surface area contributed by atoms with Crippen LogP contribution in [0.15, 0.2) is 12.3 Å². The van der Waals surface area contributed by atoms with E-state index in [1.807, 2.05) is 10.9 Å². The van der Waals surface area contributed by atoms with Crippen LogP contribution in [0, 0.1) is 11.8 Å². The van der Waals surface area contributed by atoms with E-state index in [1.54, 1.807) is 0 Å². The van der Waals surface area contributed by atoms with Crippen LogP contribution < -0.4 is 0 Å². The second kappa shape index (κ2) is 5.55. The van der Waals surface area contributed by atoms with Gasteiger partial charge in [0.1, 0.15) is 0 Å². The molecule has 5 rings (SSSR count). The van der Waals surface area contributed by atoms with Crippen LogP contribution in [-0.4, -0.2) is 38.7 Å². The van der Waals surface area contributed by atoms with Crippen LogP contribution in [0.25, 0.3) is 11.0 Å². The van der Waals surface area contributed by atoms with E-state index in [2.05, 4.69) is 29.9 Å². The van der Waals surface area contributed by atoms with Gasteiger partial charge in [-0.3, -0.25) is 4.79 Å². The third-order valence-corrected chi connectivity index (χ3v) is 6.32. The van der Waals surface area contributed by atoms with Crippen molar-refractivity contribution < 1.29 is 4.79 Å². The summed E-state index contributed by atoms with van der Waals surface area (Å²) >= 11 is 0. The van der Waals surface area contributed by atoms with Gasteiger partial charge in [-0.05, 0) is 57.4 Å². The Morgan fingerprint density at radius 3 is 2.52 bits per heavy atom. The lowest BCUT2D eigenvalue weighted by Gasteiger charge is -2.18. The summed E-state index contributed by atoms with van der Waals surface area (Å²) in [4.78, 5) is 20.3. The van der Waals surface area contributed by atoms with Gasteiger partial charge < -0.3 is 4.90 Å². The first-order chi connectivity index (χ1) is 12.1. The van der Waals surface area contributed by atoms with Crippen LogP contribution in [0.1, 0.15) is 74.0 Å². The maximum Gasteiger partial charge on any atom is 0.254 e. The summed E-state index contributed by atoms with van der Waals surface area (Å²) in [5.74, 6) is 2.17. The Bertz CT molecular complexity index is 824. The highest BCUT2D eigenvalue weighted by Gasteiger charge is 2.39. The minimum Gasteiger partial charge on any atom is -0.338 e. The number of pyridine rings is 1. The van der Waals surface area contributed by atoms with Gasteiger partial charge in [-0.25, -0.2) is 9.67 Å². The van der Waals surface area contributed by atoms with E-state index in [1.165, 1.54) is 32.1 Å². The minimum atomic E-state index is 0.187. The van der Waals surface area contributed by atoms with E-state index >= 15 is 0 Å². The maximum atomic E-state index is 13.3. The molecule has 3 fully saturated rings. The van der Waals surface area contributed by atoms with Crippen molar-refractivity contribution in [3.8, 4) is 0 Å². The first-order valence-corrected chi connectivity index (χ1v) is 9.79. The van der Waals surface area contributed by atoms with Crippen molar-refractivity contribution in [2.45, 2.75) is 57.9 Å². The fourth-order valence-electron chi connectivity index (χ4n) is 4.75. The highest BCUT2D eigenvalue weighted by molar-refractivity contribution is 6.05. The van der Waals surface area contributed by atoms with Gasteiger partial charge in [0.25, 0.3) is 5.91 Å². The average Bonchev–Trinajstić information content (AvgIpc) is 3.02. The molecule has 3 heterocycles. The molecule has 3 aliphatic rings. The lowest BCUT2D eigenvalue weighted by Crippen LogP contribution is -2.29. The quantitative estimate of drug-likeness (QED) is 0.856. The van der Waals surface area contributed by atoms with Crippen molar-refractivity contribution in [1.82, 2.24) is 19.7 Å². The summed E-state index contributed by atoms with van der Waals surface area (Å²) in [6.07, 6.45) is 8.14. The molecule has 1 saturated heterocycles. The predicted molar refractivity (Wildman–Crippen MR) is 96.6 cm³/mol.